The van der Waals surface area contributed by atoms with Crippen LogP contribution in [0.1, 0.15) is 17.7 Å². The molecule has 1 aromatic rings. The largest absolute Gasteiger partial charge is 0.389 e. The Labute approximate surface area is 119 Å². The zero-order valence-electron chi connectivity index (χ0n) is 11.5. The summed E-state index contributed by atoms with van der Waals surface area (Å²) in [4.78, 5) is 3.55. The number of aliphatic hydroxyl groups is 1. The highest BCUT2D eigenvalue weighted by Crippen LogP contribution is 2.10. The highest BCUT2D eigenvalue weighted by atomic mass is 32.1. The lowest BCUT2D eigenvalue weighted by Gasteiger charge is -2.30. The molecule has 1 unspecified atom stereocenters. The van der Waals surface area contributed by atoms with Gasteiger partial charge in [-0.25, -0.2) is 0 Å². The molecule has 0 aliphatic carbocycles. The molecule has 1 aliphatic rings. The third kappa shape index (κ3) is 5.58. The van der Waals surface area contributed by atoms with Crippen LogP contribution in [0, 0.1) is 0 Å². The number of ether oxygens (including phenoxy) is 1. The molecule has 1 aromatic heterocycles. The smallest absolute Gasteiger partial charge is 0.0897 e. The lowest BCUT2D eigenvalue weighted by atomic mass is 10.1. The van der Waals surface area contributed by atoms with Crippen molar-refractivity contribution >= 4 is 11.3 Å². The van der Waals surface area contributed by atoms with E-state index in [0.29, 0.717) is 25.8 Å². The molecule has 4 nitrogen and oxygen atoms in total. The number of piperidine rings is 1. The third-order valence-electron chi connectivity index (χ3n) is 3.50. The van der Waals surface area contributed by atoms with E-state index in [1.807, 2.05) is 17.5 Å². The molecule has 1 fully saturated rings. The summed E-state index contributed by atoms with van der Waals surface area (Å²) < 4.78 is 5.51. The first-order valence-corrected chi connectivity index (χ1v) is 7.82. The number of hydrogen-bond acceptors (Lipinski definition) is 5. The number of thiophene rings is 1. The number of aliphatic hydroxyl groups excluding tert-OH is 1. The fraction of sp³-hybridized carbons (Fsp3) is 0.714. The Morgan fingerprint density at radius 1 is 1.53 bits per heavy atom. The van der Waals surface area contributed by atoms with Gasteiger partial charge in [-0.3, -0.25) is 0 Å². The number of nitrogens with one attached hydrogen (secondary N) is 1. The molecule has 0 bridgehead atoms. The van der Waals surface area contributed by atoms with Gasteiger partial charge in [-0.05, 0) is 44.4 Å². The number of hydrogen-bond donors (Lipinski definition) is 2. The van der Waals surface area contributed by atoms with Gasteiger partial charge in [0.05, 0.1) is 19.3 Å². The molecule has 0 radical (unpaired) electrons. The first-order chi connectivity index (χ1) is 9.24. The van der Waals surface area contributed by atoms with Gasteiger partial charge >= 0.3 is 0 Å². The van der Waals surface area contributed by atoms with Crippen LogP contribution >= 0.6 is 11.3 Å². The normalized spacial score (nSPS) is 19.7. The Balaban J connectivity index is 1.53. The molecule has 1 atom stereocenters. The van der Waals surface area contributed by atoms with Crippen LogP contribution in [-0.4, -0.2) is 55.4 Å². The van der Waals surface area contributed by atoms with Crippen molar-refractivity contribution in [2.24, 2.45) is 0 Å². The lowest BCUT2D eigenvalue weighted by molar-refractivity contribution is 0.0275. The number of likely N-dealkylation sites (tertiary alicyclic amines) is 1. The van der Waals surface area contributed by atoms with Gasteiger partial charge in [0.2, 0.25) is 0 Å². The van der Waals surface area contributed by atoms with Crippen LogP contribution < -0.4 is 5.32 Å². The maximum absolute atomic E-state index is 9.87. The van der Waals surface area contributed by atoms with Crippen LogP contribution in [-0.2, 0) is 11.3 Å². The van der Waals surface area contributed by atoms with Crippen molar-refractivity contribution in [2.75, 3.05) is 33.3 Å². The van der Waals surface area contributed by atoms with E-state index in [4.69, 9.17) is 4.74 Å². The molecular formula is C14H24N2O2S. The molecule has 108 valence electrons. The van der Waals surface area contributed by atoms with Crippen molar-refractivity contribution in [2.45, 2.75) is 31.6 Å². The van der Waals surface area contributed by atoms with Gasteiger partial charge in [-0.15, -0.1) is 11.3 Å². The van der Waals surface area contributed by atoms with E-state index in [-0.39, 0.29) is 0 Å². The van der Waals surface area contributed by atoms with E-state index in [1.54, 1.807) is 11.3 Å². The standard InChI is InChI=1S/C14H24N2O2S/c1-16-6-4-12(5-7-16)15-9-13(17)10-18-11-14-3-2-8-19-14/h2-3,8,12-13,15,17H,4-7,9-11H2,1H3. The number of rotatable bonds is 7. The van der Waals surface area contributed by atoms with Crippen molar-refractivity contribution in [1.82, 2.24) is 10.2 Å². The summed E-state index contributed by atoms with van der Waals surface area (Å²) in [7, 11) is 2.16. The van der Waals surface area contributed by atoms with E-state index in [9.17, 15) is 5.11 Å². The van der Waals surface area contributed by atoms with Crippen LogP contribution in [0.15, 0.2) is 17.5 Å². The predicted molar refractivity (Wildman–Crippen MR) is 78.5 cm³/mol. The summed E-state index contributed by atoms with van der Waals surface area (Å²) in [5.41, 5.74) is 0. The van der Waals surface area contributed by atoms with Crippen molar-refractivity contribution in [3.63, 3.8) is 0 Å². The molecule has 1 saturated heterocycles. The molecule has 2 N–H and O–H groups in total. The average Bonchev–Trinajstić information content (AvgIpc) is 2.91. The van der Waals surface area contributed by atoms with Crippen molar-refractivity contribution < 1.29 is 9.84 Å². The van der Waals surface area contributed by atoms with Crippen LogP contribution in [0.25, 0.3) is 0 Å². The van der Waals surface area contributed by atoms with Gasteiger partial charge in [-0.2, -0.15) is 0 Å². The van der Waals surface area contributed by atoms with Gasteiger partial charge in [0.1, 0.15) is 0 Å². The Kier molecular flexibility index (Phi) is 6.26. The van der Waals surface area contributed by atoms with E-state index >= 15 is 0 Å². The SMILES string of the molecule is CN1CCC(NCC(O)COCc2cccs2)CC1. The summed E-state index contributed by atoms with van der Waals surface area (Å²) in [5.74, 6) is 0. The summed E-state index contributed by atoms with van der Waals surface area (Å²) in [6.07, 6.45) is 1.91. The van der Waals surface area contributed by atoms with Crippen LogP contribution in [0.2, 0.25) is 0 Å². The molecule has 19 heavy (non-hydrogen) atoms. The summed E-state index contributed by atoms with van der Waals surface area (Å²) in [6, 6.07) is 4.61. The molecule has 0 saturated carbocycles. The van der Waals surface area contributed by atoms with Crippen LogP contribution in [0.3, 0.4) is 0 Å². The highest BCUT2D eigenvalue weighted by molar-refractivity contribution is 7.09. The van der Waals surface area contributed by atoms with Crippen LogP contribution in [0.4, 0.5) is 0 Å². The minimum Gasteiger partial charge on any atom is -0.389 e. The highest BCUT2D eigenvalue weighted by Gasteiger charge is 2.17. The molecule has 2 rings (SSSR count). The van der Waals surface area contributed by atoms with Crippen LogP contribution in [0.5, 0.6) is 0 Å². The van der Waals surface area contributed by atoms with Gasteiger partial charge in [-0.1, -0.05) is 6.07 Å². The van der Waals surface area contributed by atoms with E-state index in [2.05, 4.69) is 17.3 Å². The monoisotopic (exact) mass is 284 g/mol. The maximum atomic E-state index is 9.87. The fourth-order valence-corrected chi connectivity index (χ4v) is 2.91. The average molecular weight is 284 g/mol. The number of nitrogens with zero attached hydrogens (tertiary/aromatic N) is 1. The Morgan fingerprint density at radius 2 is 2.32 bits per heavy atom. The minimum atomic E-state index is -0.417. The molecule has 0 amide bonds. The Bertz CT molecular complexity index is 337. The zero-order valence-corrected chi connectivity index (χ0v) is 12.4. The minimum absolute atomic E-state index is 0.400. The van der Waals surface area contributed by atoms with Crippen molar-refractivity contribution in [3.05, 3.63) is 22.4 Å². The third-order valence-corrected chi connectivity index (χ3v) is 4.35. The van der Waals surface area contributed by atoms with E-state index < -0.39 is 6.10 Å². The van der Waals surface area contributed by atoms with E-state index in [0.717, 1.165) is 13.1 Å². The maximum Gasteiger partial charge on any atom is 0.0897 e. The second-order valence-electron chi connectivity index (χ2n) is 5.23. The fourth-order valence-electron chi connectivity index (χ4n) is 2.26. The molecule has 2 heterocycles. The second kappa shape index (κ2) is 7.97. The molecule has 1 aliphatic heterocycles. The van der Waals surface area contributed by atoms with Crippen molar-refractivity contribution in [1.29, 1.82) is 0 Å². The lowest BCUT2D eigenvalue weighted by Crippen LogP contribution is -2.44. The zero-order chi connectivity index (χ0) is 13.5. The first-order valence-electron chi connectivity index (χ1n) is 6.94. The summed E-state index contributed by atoms with van der Waals surface area (Å²) in [5, 5.41) is 15.3. The second-order valence-corrected chi connectivity index (χ2v) is 6.27. The van der Waals surface area contributed by atoms with Gasteiger partial charge in [0, 0.05) is 17.5 Å². The van der Waals surface area contributed by atoms with Gasteiger partial charge in [0.25, 0.3) is 0 Å². The molecule has 0 aromatic carbocycles. The summed E-state index contributed by atoms with van der Waals surface area (Å²) in [6.45, 7) is 3.91. The summed E-state index contributed by atoms with van der Waals surface area (Å²) >= 11 is 1.68. The van der Waals surface area contributed by atoms with Gasteiger partial charge < -0.3 is 20.1 Å². The molecular weight excluding hydrogens is 260 g/mol. The molecule has 5 heteroatoms. The van der Waals surface area contributed by atoms with Gasteiger partial charge in [0.15, 0.2) is 0 Å². The Hall–Kier alpha value is -0.460. The van der Waals surface area contributed by atoms with E-state index in [1.165, 1.54) is 17.7 Å². The topological polar surface area (TPSA) is 44.7 Å². The molecule has 0 spiro atoms. The first kappa shape index (κ1) is 14.9. The van der Waals surface area contributed by atoms with Crippen molar-refractivity contribution in [3.8, 4) is 0 Å². The quantitative estimate of drug-likeness (QED) is 0.792. The predicted octanol–water partition coefficient (Wildman–Crippen LogP) is 1.31. The Morgan fingerprint density at radius 3 is 3.00 bits per heavy atom.